The van der Waals surface area contributed by atoms with Gasteiger partial charge in [0.25, 0.3) is 5.91 Å². The molecule has 1 saturated heterocycles. The minimum Gasteiger partial charge on any atom is -0.493 e. The second-order valence-corrected chi connectivity index (χ2v) is 8.97. The summed E-state index contributed by atoms with van der Waals surface area (Å²) < 4.78 is 49.2. The zero-order valence-electron chi connectivity index (χ0n) is 17.2. The monoisotopic (exact) mass is 448 g/mol. The normalized spacial score (nSPS) is 16.6. The standard InChI is InChI=1S/C21H24N2O7S/c1-27-17-4-2-3-5-18(17)30-15-21(24)22-8-10-23(11-9-22)31(25,26)16-6-7-19-20(14-16)29-13-12-28-19/h2-7,14H,8-13,15H2,1H3. The van der Waals surface area contributed by atoms with E-state index in [-0.39, 0.29) is 43.6 Å². The van der Waals surface area contributed by atoms with E-state index < -0.39 is 10.0 Å². The highest BCUT2D eigenvalue weighted by atomic mass is 32.2. The molecule has 2 aliphatic rings. The van der Waals surface area contributed by atoms with Crippen LogP contribution in [0.25, 0.3) is 0 Å². The van der Waals surface area contributed by atoms with Crippen LogP contribution >= 0.6 is 0 Å². The summed E-state index contributed by atoms with van der Waals surface area (Å²) >= 11 is 0. The van der Waals surface area contributed by atoms with E-state index in [1.807, 2.05) is 6.07 Å². The zero-order chi connectivity index (χ0) is 21.8. The van der Waals surface area contributed by atoms with Crippen LogP contribution in [0, 0.1) is 0 Å². The van der Waals surface area contributed by atoms with Gasteiger partial charge in [0.1, 0.15) is 13.2 Å². The molecule has 2 aromatic carbocycles. The van der Waals surface area contributed by atoms with E-state index in [1.54, 1.807) is 29.2 Å². The van der Waals surface area contributed by atoms with Crippen LogP contribution in [-0.2, 0) is 14.8 Å². The Labute approximate surface area is 181 Å². The van der Waals surface area contributed by atoms with Gasteiger partial charge >= 0.3 is 0 Å². The average Bonchev–Trinajstić information content (AvgIpc) is 2.82. The van der Waals surface area contributed by atoms with Crippen molar-refractivity contribution >= 4 is 15.9 Å². The minimum absolute atomic E-state index is 0.144. The molecule has 9 nitrogen and oxygen atoms in total. The van der Waals surface area contributed by atoms with Gasteiger partial charge in [0.05, 0.1) is 12.0 Å². The average molecular weight is 448 g/mol. The lowest BCUT2D eigenvalue weighted by molar-refractivity contribution is -0.134. The van der Waals surface area contributed by atoms with Gasteiger partial charge in [-0.05, 0) is 24.3 Å². The predicted octanol–water partition coefficient (Wildman–Crippen LogP) is 1.38. The second kappa shape index (κ2) is 9.03. The smallest absolute Gasteiger partial charge is 0.260 e. The van der Waals surface area contributed by atoms with E-state index in [2.05, 4.69) is 0 Å². The third-order valence-corrected chi connectivity index (χ3v) is 7.06. The molecule has 0 aliphatic carbocycles. The number of para-hydroxylation sites is 2. The van der Waals surface area contributed by atoms with Crippen LogP contribution in [0.5, 0.6) is 23.0 Å². The third kappa shape index (κ3) is 4.54. The van der Waals surface area contributed by atoms with E-state index in [1.165, 1.54) is 23.5 Å². The van der Waals surface area contributed by atoms with Crippen molar-refractivity contribution in [1.82, 2.24) is 9.21 Å². The summed E-state index contributed by atoms with van der Waals surface area (Å²) in [5.74, 6) is 1.79. The molecule has 0 spiro atoms. The molecule has 0 N–H and O–H groups in total. The lowest BCUT2D eigenvalue weighted by Gasteiger charge is -2.34. The van der Waals surface area contributed by atoms with E-state index in [0.29, 0.717) is 36.2 Å². The van der Waals surface area contributed by atoms with Crippen LogP contribution in [0.3, 0.4) is 0 Å². The first-order chi connectivity index (χ1) is 15.0. The van der Waals surface area contributed by atoms with Crippen molar-refractivity contribution in [2.45, 2.75) is 4.90 Å². The van der Waals surface area contributed by atoms with Crippen LogP contribution in [0.4, 0.5) is 0 Å². The fourth-order valence-corrected chi connectivity index (χ4v) is 4.92. The van der Waals surface area contributed by atoms with Crippen LogP contribution in [-0.4, -0.2) is 76.6 Å². The Morgan fingerprint density at radius 1 is 0.968 bits per heavy atom. The molecular formula is C21H24N2O7S. The maximum absolute atomic E-state index is 13.0. The molecular weight excluding hydrogens is 424 g/mol. The molecule has 0 unspecified atom stereocenters. The lowest BCUT2D eigenvalue weighted by Crippen LogP contribution is -2.51. The van der Waals surface area contributed by atoms with E-state index in [9.17, 15) is 13.2 Å². The number of piperazine rings is 1. The van der Waals surface area contributed by atoms with Gasteiger partial charge in [-0.1, -0.05) is 12.1 Å². The highest BCUT2D eigenvalue weighted by molar-refractivity contribution is 7.89. The van der Waals surface area contributed by atoms with Gasteiger partial charge in [-0.15, -0.1) is 0 Å². The largest absolute Gasteiger partial charge is 0.493 e. The summed E-state index contributed by atoms with van der Waals surface area (Å²) in [7, 11) is -2.16. The Hall–Kier alpha value is -2.98. The number of ether oxygens (including phenoxy) is 4. The number of carbonyl (C=O) groups excluding carboxylic acids is 1. The zero-order valence-corrected chi connectivity index (χ0v) is 18.0. The molecule has 31 heavy (non-hydrogen) atoms. The van der Waals surface area contributed by atoms with Gasteiger partial charge in [0, 0.05) is 32.2 Å². The molecule has 2 aromatic rings. The van der Waals surface area contributed by atoms with Crippen LogP contribution in [0.15, 0.2) is 47.4 Å². The van der Waals surface area contributed by atoms with Crippen LogP contribution in [0.2, 0.25) is 0 Å². The third-order valence-electron chi connectivity index (χ3n) is 5.16. The number of sulfonamides is 1. The van der Waals surface area contributed by atoms with Gasteiger partial charge in [0.15, 0.2) is 29.6 Å². The van der Waals surface area contributed by atoms with Crippen LogP contribution < -0.4 is 18.9 Å². The highest BCUT2D eigenvalue weighted by Gasteiger charge is 2.31. The van der Waals surface area contributed by atoms with Crippen molar-refractivity contribution in [3.63, 3.8) is 0 Å². The fraction of sp³-hybridized carbons (Fsp3) is 0.381. The molecule has 1 amide bonds. The first-order valence-corrected chi connectivity index (χ1v) is 11.4. The number of benzene rings is 2. The number of methoxy groups -OCH3 is 1. The van der Waals surface area contributed by atoms with Crippen molar-refractivity contribution < 1.29 is 32.2 Å². The van der Waals surface area contributed by atoms with Crippen molar-refractivity contribution in [2.24, 2.45) is 0 Å². The van der Waals surface area contributed by atoms with Gasteiger partial charge in [0.2, 0.25) is 10.0 Å². The Morgan fingerprint density at radius 3 is 2.35 bits per heavy atom. The summed E-state index contributed by atoms with van der Waals surface area (Å²) in [6, 6.07) is 11.7. The molecule has 0 radical (unpaired) electrons. The molecule has 166 valence electrons. The van der Waals surface area contributed by atoms with Gasteiger partial charge < -0.3 is 23.8 Å². The Bertz CT molecular complexity index is 1050. The van der Waals surface area contributed by atoms with Gasteiger partial charge in [-0.25, -0.2) is 8.42 Å². The van der Waals surface area contributed by atoms with E-state index in [0.717, 1.165) is 0 Å². The summed E-state index contributed by atoms with van der Waals surface area (Å²) in [5, 5.41) is 0. The quantitative estimate of drug-likeness (QED) is 0.659. The van der Waals surface area contributed by atoms with Crippen molar-refractivity contribution in [1.29, 1.82) is 0 Å². The maximum Gasteiger partial charge on any atom is 0.260 e. The van der Waals surface area contributed by atoms with Crippen molar-refractivity contribution in [3.05, 3.63) is 42.5 Å². The minimum atomic E-state index is -3.70. The van der Waals surface area contributed by atoms with Crippen molar-refractivity contribution in [2.75, 3.05) is 53.1 Å². The molecule has 2 heterocycles. The summed E-state index contributed by atoms with van der Waals surface area (Å²) in [6.07, 6.45) is 0. The maximum atomic E-state index is 13.0. The molecule has 4 rings (SSSR count). The molecule has 0 aromatic heterocycles. The van der Waals surface area contributed by atoms with Gasteiger partial charge in [-0.2, -0.15) is 4.31 Å². The topological polar surface area (TPSA) is 94.6 Å². The second-order valence-electron chi connectivity index (χ2n) is 7.03. The highest BCUT2D eigenvalue weighted by Crippen LogP contribution is 2.33. The predicted molar refractivity (Wildman–Crippen MR) is 111 cm³/mol. The molecule has 1 fully saturated rings. The van der Waals surface area contributed by atoms with E-state index >= 15 is 0 Å². The number of hydrogen-bond donors (Lipinski definition) is 0. The first kappa shape index (κ1) is 21.3. The SMILES string of the molecule is COc1ccccc1OCC(=O)N1CCN(S(=O)(=O)c2ccc3c(c2)OCCO3)CC1. The Morgan fingerprint density at radius 2 is 1.65 bits per heavy atom. The molecule has 0 atom stereocenters. The summed E-state index contributed by atoms with van der Waals surface area (Å²) in [4.78, 5) is 14.3. The lowest BCUT2D eigenvalue weighted by atomic mass is 10.3. The molecule has 10 heteroatoms. The van der Waals surface area contributed by atoms with Crippen molar-refractivity contribution in [3.8, 4) is 23.0 Å². The van der Waals surface area contributed by atoms with Crippen LogP contribution in [0.1, 0.15) is 0 Å². The molecule has 0 saturated carbocycles. The Kier molecular flexibility index (Phi) is 6.19. The number of hydrogen-bond acceptors (Lipinski definition) is 7. The molecule has 2 aliphatic heterocycles. The summed E-state index contributed by atoms with van der Waals surface area (Å²) in [5.41, 5.74) is 0. The molecule has 0 bridgehead atoms. The number of amides is 1. The number of fused-ring (bicyclic) bond motifs is 1. The first-order valence-electron chi connectivity index (χ1n) is 9.92. The Balaban J connectivity index is 1.35. The summed E-state index contributed by atoms with van der Waals surface area (Å²) in [6.45, 7) is 1.67. The van der Waals surface area contributed by atoms with E-state index in [4.69, 9.17) is 18.9 Å². The van der Waals surface area contributed by atoms with Gasteiger partial charge in [-0.3, -0.25) is 4.79 Å². The number of rotatable bonds is 6. The number of nitrogens with zero attached hydrogens (tertiary/aromatic N) is 2. The number of carbonyl (C=O) groups is 1. The fourth-order valence-electron chi connectivity index (χ4n) is 3.48.